The van der Waals surface area contributed by atoms with Gasteiger partial charge in [0.15, 0.2) is 5.82 Å². The van der Waals surface area contributed by atoms with Crippen molar-refractivity contribution in [3.8, 4) is 0 Å². The third kappa shape index (κ3) is 5.34. The number of aromatic nitrogens is 2. The number of carbonyl (C=O) groups excluding carboxylic acids is 1. The highest BCUT2D eigenvalue weighted by Gasteiger charge is 2.30. The number of hydrogen-bond acceptors (Lipinski definition) is 4. The fourth-order valence-corrected chi connectivity index (χ4v) is 3.11. The molecule has 1 aromatic carbocycles. The fourth-order valence-electron chi connectivity index (χ4n) is 3.11. The Bertz CT molecular complexity index is 802. The number of anilines is 2. The number of alkyl halides is 3. The molecular formula is C19H22F3N5O. The molecule has 3 rings (SSSR count). The molecule has 0 radical (unpaired) electrons. The standard InChI is InChI=1S/C19H22F3N5O/c1-13-5-6-17(26-25-13)27-9-7-14(8-10-27)12-23-18(28)24-16-4-2-3-15(11-16)19(20,21)22/h2-6,11,14H,7-10,12H2,1H3,(H2,23,24,28). The summed E-state index contributed by atoms with van der Waals surface area (Å²) >= 11 is 0. The molecule has 0 unspecified atom stereocenters. The van der Waals surface area contributed by atoms with Crippen LogP contribution in [-0.2, 0) is 6.18 Å². The first-order valence-electron chi connectivity index (χ1n) is 9.08. The maximum absolute atomic E-state index is 12.7. The molecule has 1 fully saturated rings. The summed E-state index contributed by atoms with van der Waals surface area (Å²) in [5.41, 5.74) is 0.187. The van der Waals surface area contributed by atoms with Crippen LogP contribution in [0.4, 0.5) is 29.5 Å². The van der Waals surface area contributed by atoms with E-state index in [4.69, 9.17) is 0 Å². The highest BCUT2D eigenvalue weighted by atomic mass is 19.4. The quantitative estimate of drug-likeness (QED) is 0.828. The Kier molecular flexibility index (Phi) is 6.01. The van der Waals surface area contributed by atoms with Gasteiger partial charge in [-0.2, -0.15) is 18.3 Å². The lowest BCUT2D eigenvalue weighted by molar-refractivity contribution is -0.137. The van der Waals surface area contributed by atoms with Crippen LogP contribution in [0.3, 0.4) is 0 Å². The largest absolute Gasteiger partial charge is 0.416 e. The molecule has 1 saturated heterocycles. The Morgan fingerprint density at radius 3 is 2.57 bits per heavy atom. The monoisotopic (exact) mass is 393 g/mol. The van der Waals surface area contributed by atoms with Crippen LogP contribution in [0.2, 0.25) is 0 Å². The van der Waals surface area contributed by atoms with Crippen molar-refractivity contribution >= 4 is 17.5 Å². The molecule has 28 heavy (non-hydrogen) atoms. The molecule has 0 bridgehead atoms. The van der Waals surface area contributed by atoms with Crippen molar-refractivity contribution in [1.82, 2.24) is 15.5 Å². The number of carbonyl (C=O) groups is 1. The van der Waals surface area contributed by atoms with Gasteiger partial charge in [0.05, 0.1) is 11.3 Å². The summed E-state index contributed by atoms with van der Waals surface area (Å²) in [4.78, 5) is 14.2. The molecular weight excluding hydrogens is 371 g/mol. The van der Waals surface area contributed by atoms with Gasteiger partial charge in [0, 0.05) is 25.3 Å². The van der Waals surface area contributed by atoms with Gasteiger partial charge in [0.2, 0.25) is 0 Å². The first-order valence-corrected chi connectivity index (χ1v) is 9.08. The summed E-state index contributed by atoms with van der Waals surface area (Å²) in [6, 6.07) is 7.94. The van der Waals surface area contributed by atoms with E-state index in [1.165, 1.54) is 12.1 Å². The zero-order valence-electron chi connectivity index (χ0n) is 15.5. The zero-order chi connectivity index (χ0) is 20.1. The van der Waals surface area contributed by atoms with Gasteiger partial charge in [-0.15, -0.1) is 5.10 Å². The van der Waals surface area contributed by atoms with E-state index < -0.39 is 17.8 Å². The van der Waals surface area contributed by atoms with E-state index in [0.29, 0.717) is 12.5 Å². The Morgan fingerprint density at radius 1 is 1.18 bits per heavy atom. The van der Waals surface area contributed by atoms with Crippen LogP contribution in [0.15, 0.2) is 36.4 Å². The maximum Gasteiger partial charge on any atom is 0.416 e. The number of benzene rings is 1. The van der Waals surface area contributed by atoms with Gasteiger partial charge in [-0.1, -0.05) is 6.07 Å². The summed E-state index contributed by atoms with van der Waals surface area (Å²) in [5, 5.41) is 13.5. The van der Waals surface area contributed by atoms with Crippen LogP contribution in [-0.4, -0.2) is 35.9 Å². The van der Waals surface area contributed by atoms with E-state index in [9.17, 15) is 18.0 Å². The molecule has 2 aromatic rings. The molecule has 2 N–H and O–H groups in total. The molecule has 2 amide bonds. The van der Waals surface area contributed by atoms with Crippen LogP contribution in [0.5, 0.6) is 0 Å². The SMILES string of the molecule is Cc1ccc(N2CCC(CNC(=O)Nc3cccc(C(F)(F)F)c3)CC2)nn1. The second kappa shape index (κ2) is 8.45. The summed E-state index contributed by atoms with van der Waals surface area (Å²) in [6.45, 7) is 4.00. The molecule has 1 aliphatic rings. The number of rotatable bonds is 4. The molecule has 2 heterocycles. The summed E-state index contributed by atoms with van der Waals surface area (Å²) in [6.07, 6.45) is -2.66. The summed E-state index contributed by atoms with van der Waals surface area (Å²) < 4.78 is 38.2. The molecule has 0 saturated carbocycles. The number of piperidine rings is 1. The normalized spacial score (nSPS) is 15.4. The van der Waals surface area contributed by atoms with E-state index in [1.807, 2.05) is 19.1 Å². The lowest BCUT2D eigenvalue weighted by atomic mass is 9.97. The topological polar surface area (TPSA) is 70.2 Å². The number of aryl methyl sites for hydroxylation is 1. The Hall–Kier alpha value is -2.84. The van der Waals surface area contributed by atoms with E-state index in [-0.39, 0.29) is 5.69 Å². The second-order valence-corrected chi connectivity index (χ2v) is 6.88. The minimum absolute atomic E-state index is 0.111. The van der Waals surface area contributed by atoms with Crippen molar-refractivity contribution in [3.63, 3.8) is 0 Å². The number of nitrogens with one attached hydrogen (secondary N) is 2. The van der Waals surface area contributed by atoms with E-state index in [2.05, 4.69) is 25.7 Å². The predicted octanol–water partition coefficient (Wildman–Crippen LogP) is 3.84. The van der Waals surface area contributed by atoms with Gasteiger partial charge in [0.1, 0.15) is 0 Å². The van der Waals surface area contributed by atoms with E-state index in [1.54, 1.807) is 0 Å². The lowest BCUT2D eigenvalue weighted by Crippen LogP contribution is -2.40. The molecule has 150 valence electrons. The lowest BCUT2D eigenvalue weighted by Gasteiger charge is -2.32. The number of urea groups is 1. The van der Waals surface area contributed by atoms with Gasteiger partial charge >= 0.3 is 12.2 Å². The molecule has 0 spiro atoms. The average Bonchev–Trinajstić information content (AvgIpc) is 2.67. The molecule has 0 atom stereocenters. The molecule has 1 aromatic heterocycles. The third-order valence-corrected chi connectivity index (χ3v) is 4.72. The van der Waals surface area contributed by atoms with Gasteiger partial charge < -0.3 is 15.5 Å². The highest BCUT2D eigenvalue weighted by molar-refractivity contribution is 5.89. The van der Waals surface area contributed by atoms with Crippen molar-refractivity contribution < 1.29 is 18.0 Å². The zero-order valence-corrected chi connectivity index (χ0v) is 15.5. The van der Waals surface area contributed by atoms with Crippen LogP contribution in [0.25, 0.3) is 0 Å². The third-order valence-electron chi connectivity index (χ3n) is 4.72. The second-order valence-electron chi connectivity index (χ2n) is 6.88. The Morgan fingerprint density at radius 2 is 1.93 bits per heavy atom. The fraction of sp³-hybridized carbons (Fsp3) is 0.421. The molecule has 0 aliphatic carbocycles. The van der Waals surface area contributed by atoms with Crippen LogP contribution < -0.4 is 15.5 Å². The van der Waals surface area contributed by atoms with Crippen molar-refractivity contribution in [2.75, 3.05) is 29.9 Å². The Labute approximate surface area is 161 Å². The van der Waals surface area contributed by atoms with Crippen molar-refractivity contribution in [3.05, 3.63) is 47.7 Å². The van der Waals surface area contributed by atoms with Crippen LogP contribution in [0, 0.1) is 12.8 Å². The average molecular weight is 393 g/mol. The van der Waals surface area contributed by atoms with Gasteiger partial charge in [-0.05, 0) is 56.0 Å². The first-order chi connectivity index (χ1) is 13.3. The minimum atomic E-state index is -4.44. The minimum Gasteiger partial charge on any atom is -0.355 e. The van der Waals surface area contributed by atoms with Gasteiger partial charge in [0.25, 0.3) is 0 Å². The summed E-state index contributed by atoms with van der Waals surface area (Å²) in [5.74, 6) is 1.15. The van der Waals surface area contributed by atoms with Crippen molar-refractivity contribution in [2.24, 2.45) is 5.92 Å². The Balaban J connectivity index is 1.44. The first kappa shape index (κ1) is 19.9. The molecule has 9 heteroatoms. The van der Waals surface area contributed by atoms with Crippen molar-refractivity contribution in [1.29, 1.82) is 0 Å². The molecule has 1 aliphatic heterocycles. The van der Waals surface area contributed by atoms with Gasteiger partial charge in [-0.25, -0.2) is 4.79 Å². The van der Waals surface area contributed by atoms with Gasteiger partial charge in [-0.3, -0.25) is 0 Å². The number of nitrogens with zero attached hydrogens (tertiary/aromatic N) is 3. The van der Waals surface area contributed by atoms with Crippen LogP contribution in [0.1, 0.15) is 24.1 Å². The maximum atomic E-state index is 12.7. The number of hydrogen-bond donors (Lipinski definition) is 2. The number of halogens is 3. The van der Waals surface area contributed by atoms with E-state index in [0.717, 1.165) is 49.6 Å². The van der Waals surface area contributed by atoms with E-state index >= 15 is 0 Å². The smallest absolute Gasteiger partial charge is 0.355 e. The predicted molar refractivity (Wildman–Crippen MR) is 100 cm³/mol. The summed E-state index contributed by atoms with van der Waals surface area (Å²) in [7, 11) is 0. The van der Waals surface area contributed by atoms with Crippen molar-refractivity contribution in [2.45, 2.75) is 25.9 Å². The molecule has 6 nitrogen and oxygen atoms in total. The highest BCUT2D eigenvalue weighted by Crippen LogP contribution is 2.30. The number of amides is 2. The van der Waals surface area contributed by atoms with Crippen LogP contribution >= 0.6 is 0 Å².